The first-order valence-electron chi connectivity index (χ1n) is 18.2. The smallest absolute Gasteiger partial charge is 0.472 e. The molecule has 12 heteroatoms. The number of unbranched alkanes of at least 4 members (excludes halogenated alkanes) is 11. The minimum Gasteiger partial charge on any atom is -0.480 e. The molecule has 0 aliphatic heterocycles. The molecule has 49 heavy (non-hydrogen) atoms. The second-order valence-corrected chi connectivity index (χ2v) is 13.5. The highest BCUT2D eigenvalue weighted by atomic mass is 31.2. The van der Waals surface area contributed by atoms with Crippen LogP contribution in [0.4, 0.5) is 0 Å². The molecule has 0 fully saturated rings. The minimum absolute atomic E-state index is 0.108. The average Bonchev–Trinajstić information content (AvgIpc) is 3.07. The van der Waals surface area contributed by atoms with E-state index in [1.807, 2.05) is 0 Å². The lowest BCUT2D eigenvalue weighted by Crippen LogP contribution is -2.43. The number of hydrogen-bond donors (Lipinski definition) is 4. The van der Waals surface area contributed by atoms with E-state index in [0.29, 0.717) is 12.8 Å². The maximum atomic E-state index is 12.2. The molecule has 0 bridgehead atoms. The fourth-order valence-corrected chi connectivity index (χ4v) is 5.27. The molecule has 0 aromatic rings. The number of carbonyl (C=O) groups excluding carboxylic acids is 2. The number of rotatable bonds is 33. The number of amides is 1. The number of carboxylic acids is 1. The molecular formula is C37H64NO10P. The summed E-state index contributed by atoms with van der Waals surface area (Å²) in [6, 6.07) is -1.56. The van der Waals surface area contributed by atoms with Crippen molar-refractivity contribution < 1.29 is 47.8 Å². The zero-order valence-corrected chi connectivity index (χ0v) is 30.9. The molecule has 11 nitrogen and oxygen atoms in total. The van der Waals surface area contributed by atoms with Crippen LogP contribution in [0.5, 0.6) is 0 Å². The summed E-state index contributed by atoms with van der Waals surface area (Å²) in [7, 11) is -4.76. The van der Waals surface area contributed by atoms with Crippen LogP contribution in [-0.4, -0.2) is 64.9 Å². The van der Waals surface area contributed by atoms with Crippen LogP contribution in [0.1, 0.15) is 136 Å². The van der Waals surface area contributed by atoms with Crippen molar-refractivity contribution in [2.24, 2.45) is 0 Å². The summed E-state index contributed by atoms with van der Waals surface area (Å²) < 4.78 is 26.6. The Labute approximate surface area is 294 Å². The lowest BCUT2D eigenvalue weighted by Gasteiger charge is -2.18. The van der Waals surface area contributed by atoms with Gasteiger partial charge in [-0.1, -0.05) is 101 Å². The van der Waals surface area contributed by atoms with E-state index in [0.717, 1.165) is 77.0 Å². The molecule has 0 saturated heterocycles. The van der Waals surface area contributed by atoms with Gasteiger partial charge in [-0.3, -0.25) is 18.6 Å². The molecule has 282 valence electrons. The van der Waals surface area contributed by atoms with Gasteiger partial charge in [-0.05, 0) is 70.6 Å². The summed E-state index contributed by atoms with van der Waals surface area (Å²) in [6.45, 7) is 2.38. The van der Waals surface area contributed by atoms with Crippen molar-refractivity contribution >= 4 is 25.7 Å². The number of phosphoric acid groups is 1. The molecule has 0 aliphatic rings. The van der Waals surface area contributed by atoms with E-state index in [1.165, 1.54) is 19.3 Å². The van der Waals surface area contributed by atoms with Crippen molar-refractivity contribution in [3.05, 3.63) is 48.6 Å². The monoisotopic (exact) mass is 713 g/mol. The van der Waals surface area contributed by atoms with E-state index in [4.69, 9.17) is 13.8 Å². The molecule has 4 N–H and O–H groups in total. The summed E-state index contributed by atoms with van der Waals surface area (Å²) in [5.41, 5.74) is 0. The Morgan fingerprint density at radius 1 is 0.673 bits per heavy atom. The van der Waals surface area contributed by atoms with Crippen molar-refractivity contribution in [1.82, 2.24) is 5.32 Å². The molecule has 1 amide bonds. The highest BCUT2D eigenvalue weighted by molar-refractivity contribution is 7.47. The number of carboxylic acid groups (broad SMARTS) is 1. The van der Waals surface area contributed by atoms with Gasteiger partial charge in [-0.2, -0.15) is 0 Å². The Bertz CT molecular complexity index is 1030. The third-order valence-corrected chi connectivity index (χ3v) is 8.30. The molecule has 0 rings (SSSR count). The second-order valence-electron chi connectivity index (χ2n) is 12.0. The van der Waals surface area contributed by atoms with Crippen LogP contribution in [0.2, 0.25) is 0 Å². The van der Waals surface area contributed by atoms with Crippen molar-refractivity contribution in [1.29, 1.82) is 0 Å². The maximum absolute atomic E-state index is 12.2. The van der Waals surface area contributed by atoms with Crippen molar-refractivity contribution in [3.63, 3.8) is 0 Å². The number of allylic oxidation sites excluding steroid dienone is 8. The number of nitrogens with one attached hydrogen (secondary N) is 1. The van der Waals surface area contributed by atoms with E-state index in [-0.39, 0.29) is 12.8 Å². The molecule has 0 aromatic heterocycles. The number of hydrogen-bond acceptors (Lipinski definition) is 8. The quantitative estimate of drug-likeness (QED) is 0.0225. The van der Waals surface area contributed by atoms with Gasteiger partial charge in [-0.25, -0.2) is 9.36 Å². The summed E-state index contributed by atoms with van der Waals surface area (Å²) in [6.07, 6.45) is 33.0. The third-order valence-electron chi connectivity index (χ3n) is 7.35. The standard InChI is InChI=1S/C37H64NO10P/c1-3-5-7-9-11-13-15-17-18-20-22-24-26-28-35(40)38-34(37(42)43)32-48-49(44,45)47-31-33(39)30-46-36(41)29-27-25-23-21-19-16-14-12-10-8-6-4-2/h5,7,11-14,17-18,33-34,39H,3-4,6,8-10,15-16,19-32H2,1-2H3,(H,38,40)(H,42,43)(H,44,45)/b7-5-,13-11-,14-12-,18-17-. The van der Waals surface area contributed by atoms with E-state index in [9.17, 15) is 34.1 Å². The van der Waals surface area contributed by atoms with Gasteiger partial charge in [0.1, 0.15) is 12.7 Å². The Morgan fingerprint density at radius 2 is 1.18 bits per heavy atom. The van der Waals surface area contributed by atoms with Crippen LogP contribution in [0.15, 0.2) is 48.6 Å². The highest BCUT2D eigenvalue weighted by Crippen LogP contribution is 2.43. The fourth-order valence-electron chi connectivity index (χ4n) is 4.50. The number of aliphatic hydroxyl groups excluding tert-OH is 1. The normalized spacial score (nSPS) is 14.5. The van der Waals surface area contributed by atoms with Crippen molar-refractivity contribution in [3.8, 4) is 0 Å². The molecule has 0 aromatic carbocycles. The lowest BCUT2D eigenvalue weighted by atomic mass is 10.1. The number of aliphatic hydroxyl groups is 1. The molecule has 0 radical (unpaired) electrons. The molecule has 0 spiro atoms. The summed E-state index contributed by atoms with van der Waals surface area (Å²) in [5.74, 6) is -2.43. The second kappa shape index (κ2) is 32.6. The van der Waals surface area contributed by atoms with E-state index < -0.39 is 57.6 Å². The SMILES string of the molecule is CC/C=C\C/C=C\C/C=C\CCCCCC(=O)NC(COP(=O)(O)OCC(O)COC(=O)CCCCCCC/C=C\CCCCC)C(=O)O. The maximum Gasteiger partial charge on any atom is 0.472 e. The lowest BCUT2D eigenvalue weighted by molar-refractivity contribution is -0.147. The van der Waals surface area contributed by atoms with Gasteiger partial charge in [0.05, 0.1) is 13.2 Å². The first kappa shape index (κ1) is 46.4. The molecule has 3 unspecified atom stereocenters. The summed E-state index contributed by atoms with van der Waals surface area (Å²) >= 11 is 0. The van der Waals surface area contributed by atoms with Gasteiger partial charge < -0.3 is 25.2 Å². The first-order valence-corrected chi connectivity index (χ1v) is 19.7. The van der Waals surface area contributed by atoms with Gasteiger partial charge in [0.15, 0.2) is 6.04 Å². The van der Waals surface area contributed by atoms with Gasteiger partial charge in [0.2, 0.25) is 5.91 Å². The average molecular weight is 714 g/mol. The van der Waals surface area contributed by atoms with E-state index >= 15 is 0 Å². The van der Waals surface area contributed by atoms with Crippen LogP contribution in [0, 0.1) is 0 Å². The van der Waals surface area contributed by atoms with Gasteiger partial charge >= 0.3 is 19.8 Å². The number of esters is 1. The molecule has 3 atom stereocenters. The fraction of sp³-hybridized carbons (Fsp3) is 0.703. The summed E-state index contributed by atoms with van der Waals surface area (Å²) in [4.78, 5) is 45.6. The van der Waals surface area contributed by atoms with E-state index in [2.05, 4.69) is 67.8 Å². The largest absolute Gasteiger partial charge is 0.480 e. The topological polar surface area (TPSA) is 169 Å². The van der Waals surface area contributed by atoms with Gasteiger partial charge in [0.25, 0.3) is 0 Å². The number of aliphatic carboxylic acids is 1. The Balaban J connectivity index is 4.05. The van der Waals surface area contributed by atoms with Crippen LogP contribution >= 0.6 is 7.82 Å². The van der Waals surface area contributed by atoms with Crippen LogP contribution in [0.25, 0.3) is 0 Å². The van der Waals surface area contributed by atoms with Gasteiger partial charge in [-0.15, -0.1) is 0 Å². The van der Waals surface area contributed by atoms with Crippen LogP contribution in [-0.2, 0) is 32.7 Å². The predicted molar refractivity (Wildman–Crippen MR) is 194 cm³/mol. The zero-order chi connectivity index (χ0) is 36.4. The molecule has 0 aliphatic carbocycles. The highest BCUT2D eigenvalue weighted by Gasteiger charge is 2.28. The Morgan fingerprint density at radius 3 is 1.82 bits per heavy atom. The van der Waals surface area contributed by atoms with Gasteiger partial charge in [0, 0.05) is 12.8 Å². The third kappa shape index (κ3) is 32.4. The number of phosphoric ester groups is 1. The van der Waals surface area contributed by atoms with Crippen molar-refractivity contribution in [2.45, 2.75) is 148 Å². The zero-order valence-electron chi connectivity index (χ0n) is 30.0. The number of carbonyl (C=O) groups is 3. The van der Waals surface area contributed by atoms with E-state index in [1.54, 1.807) is 0 Å². The van der Waals surface area contributed by atoms with Crippen LogP contribution < -0.4 is 5.32 Å². The van der Waals surface area contributed by atoms with Crippen molar-refractivity contribution in [2.75, 3.05) is 19.8 Å². The molecule has 0 heterocycles. The van der Waals surface area contributed by atoms with Crippen LogP contribution in [0.3, 0.4) is 0 Å². The predicted octanol–water partition coefficient (Wildman–Crippen LogP) is 8.27. The Hall–Kier alpha value is -2.56. The molecular weight excluding hydrogens is 649 g/mol. The number of ether oxygens (including phenoxy) is 1. The molecule has 0 saturated carbocycles. The minimum atomic E-state index is -4.76. The Kier molecular flexibility index (Phi) is 30.9. The summed E-state index contributed by atoms with van der Waals surface area (Å²) in [5, 5.41) is 21.7. The first-order chi connectivity index (χ1) is 23.6.